The summed E-state index contributed by atoms with van der Waals surface area (Å²) in [6.45, 7) is 5.19. The molecule has 1 aromatic carbocycles. The molecule has 7 N–H and O–H groups in total. The number of carbonyl (C=O) groups excluding carboxylic acids is 3. The second-order valence-corrected chi connectivity index (χ2v) is 8.23. The minimum atomic E-state index is -1.67. The third kappa shape index (κ3) is 10.1. The molecule has 0 spiro atoms. The van der Waals surface area contributed by atoms with Crippen molar-refractivity contribution in [3.05, 3.63) is 35.9 Å². The van der Waals surface area contributed by atoms with Crippen LogP contribution in [0.4, 0.5) is 0 Å². The summed E-state index contributed by atoms with van der Waals surface area (Å²) >= 11 is 0. The summed E-state index contributed by atoms with van der Waals surface area (Å²) in [5, 5.41) is 25.5. The van der Waals surface area contributed by atoms with Gasteiger partial charge >= 0.3 is 11.9 Å². The number of hydrogen-bond acceptors (Lipinski definition) is 6. The molecular formula is C22H32N4O7. The van der Waals surface area contributed by atoms with Crippen LogP contribution in [0.5, 0.6) is 0 Å². The predicted molar refractivity (Wildman–Crippen MR) is 119 cm³/mol. The summed E-state index contributed by atoms with van der Waals surface area (Å²) < 4.78 is 0. The second-order valence-electron chi connectivity index (χ2n) is 8.23. The average Bonchev–Trinajstić information content (AvgIpc) is 2.72. The standard InChI is InChI=1S/C22H32N4O7/c1-12(2)9-15(24-19(29)13(3)23)20(30)25-16(10-14-7-5-4-6-8-14)21(31)26-17(22(32)33)11-18(27)28/h4-8,12-13,15-17H,9-11,23H2,1-3H3,(H,24,29)(H,25,30)(H,26,31)(H,27,28)(H,32,33). The molecule has 4 atom stereocenters. The third-order valence-corrected chi connectivity index (χ3v) is 4.66. The van der Waals surface area contributed by atoms with E-state index in [2.05, 4.69) is 16.0 Å². The average molecular weight is 465 g/mol. The van der Waals surface area contributed by atoms with Crippen LogP contribution in [0.1, 0.15) is 39.2 Å². The van der Waals surface area contributed by atoms with E-state index in [-0.39, 0.29) is 18.8 Å². The molecule has 0 aliphatic carbocycles. The van der Waals surface area contributed by atoms with Crippen molar-refractivity contribution < 1.29 is 34.2 Å². The van der Waals surface area contributed by atoms with Crippen molar-refractivity contribution in [3.8, 4) is 0 Å². The molecular weight excluding hydrogens is 432 g/mol. The van der Waals surface area contributed by atoms with Crippen molar-refractivity contribution in [2.24, 2.45) is 11.7 Å². The molecule has 0 aliphatic heterocycles. The molecule has 0 saturated carbocycles. The lowest BCUT2D eigenvalue weighted by Gasteiger charge is -2.25. The van der Waals surface area contributed by atoms with Gasteiger partial charge in [-0.25, -0.2) is 4.79 Å². The number of nitrogens with two attached hydrogens (primary N) is 1. The van der Waals surface area contributed by atoms with E-state index in [9.17, 15) is 29.1 Å². The van der Waals surface area contributed by atoms with E-state index >= 15 is 0 Å². The Labute approximate surface area is 192 Å². The van der Waals surface area contributed by atoms with Crippen LogP contribution in [-0.2, 0) is 30.4 Å². The van der Waals surface area contributed by atoms with Crippen LogP contribution >= 0.6 is 0 Å². The maximum Gasteiger partial charge on any atom is 0.326 e. The van der Waals surface area contributed by atoms with Gasteiger partial charge in [-0.3, -0.25) is 19.2 Å². The normalized spacial score (nSPS) is 14.5. The lowest BCUT2D eigenvalue weighted by Crippen LogP contribution is -2.57. The number of aliphatic carboxylic acids is 2. The Bertz CT molecular complexity index is 842. The van der Waals surface area contributed by atoms with Crippen LogP contribution in [-0.4, -0.2) is 64.0 Å². The van der Waals surface area contributed by atoms with Crippen LogP contribution in [0, 0.1) is 5.92 Å². The number of carboxylic acid groups (broad SMARTS) is 2. The van der Waals surface area contributed by atoms with E-state index in [0.29, 0.717) is 5.56 Å². The molecule has 1 aromatic rings. The molecule has 11 nitrogen and oxygen atoms in total. The SMILES string of the molecule is CC(C)CC(NC(=O)C(C)N)C(=O)NC(Cc1ccccc1)C(=O)NC(CC(=O)O)C(=O)O. The van der Waals surface area contributed by atoms with Gasteiger partial charge in [0.05, 0.1) is 12.5 Å². The molecule has 0 saturated heterocycles. The zero-order valence-electron chi connectivity index (χ0n) is 18.9. The first-order valence-corrected chi connectivity index (χ1v) is 10.6. The maximum absolute atomic E-state index is 13.0. The van der Waals surface area contributed by atoms with E-state index in [0.717, 1.165) is 0 Å². The largest absolute Gasteiger partial charge is 0.481 e. The molecule has 4 unspecified atom stereocenters. The van der Waals surface area contributed by atoms with E-state index in [4.69, 9.17) is 10.8 Å². The highest BCUT2D eigenvalue weighted by molar-refractivity contribution is 5.94. The van der Waals surface area contributed by atoms with Gasteiger partial charge in [0.25, 0.3) is 0 Å². The van der Waals surface area contributed by atoms with E-state index in [1.807, 2.05) is 13.8 Å². The molecule has 11 heteroatoms. The first-order valence-electron chi connectivity index (χ1n) is 10.6. The van der Waals surface area contributed by atoms with Gasteiger partial charge < -0.3 is 31.9 Å². The summed E-state index contributed by atoms with van der Waals surface area (Å²) in [6, 6.07) is 4.00. The Hall–Kier alpha value is -3.47. The number of carboxylic acids is 2. The second kappa shape index (κ2) is 13.2. The van der Waals surface area contributed by atoms with Crippen LogP contribution in [0.2, 0.25) is 0 Å². The first-order chi connectivity index (χ1) is 15.4. The molecule has 182 valence electrons. The summed E-state index contributed by atoms with van der Waals surface area (Å²) in [4.78, 5) is 60.2. The van der Waals surface area contributed by atoms with Gasteiger partial charge in [0, 0.05) is 6.42 Å². The fourth-order valence-corrected chi connectivity index (χ4v) is 2.98. The summed E-state index contributed by atoms with van der Waals surface area (Å²) in [5.74, 6) is -4.92. The topological polar surface area (TPSA) is 188 Å². The summed E-state index contributed by atoms with van der Waals surface area (Å²) in [7, 11) is 0. The number of amides is 3. The Kier molecular flexibility index (Phi) is 11.0. The molecule has 0 fully saturated rings. The van der Waals surface area contributed by atoms with Crippen LogP contribution in [0.3, 0.4) is 0 Å². The minimum Gasteiger partial charge on any atom is -0.481 e. The molecule has 0 radical (unpaired) electrons. The molecule has 0 aromatic heterocycles. The lowest BCUT2D eigenvalue weighted by atomic mass is 10.0. The monoisotopic (exact) mass is 464 g/mol. The van der Waals surface area contributed by atoms with Crippen LogP contribution in [0.25, 0.3) is 0 Å². The van der Waals surface area contributed by atoms with Gasteiger partial charge in [0.1, 0.15) is 18.1 Å². The fraction of sp³-hybridized carbons (Fsp3) is 0.500. The number of carbonyl (C=O) groups is 5. The van der Waals surface area contributed by atoms with E-state index < -0.39 is 60.2 Å². The van der Waals surface area contributed by atoms with Gasteiger partial charge in [-0.05, 0) is 24.8 Å². The van der Waals surface area contributed by atoms with Crippen LogP contribution in [0.15, 0.2) is 30.3 Å². The third-order valence-electron chi connectivity index (χ3n) is 4.66. The molecule has 0 aliphatic rings. The fourth-order valence-electron chi connectivity index (χ4n) is 2.98. The van der Waals surface area contributed by atoms with Crippen molar-refractivity contribution >= 4 is 29.7 Å². The summed E-state index contributed by atoms with van der Waals surface area (Å²) in [5.41, 5.74) is 6.26. The van der Waals surface area contributed by atoms with Crippen molar-refractivity contribution in [2.45, 2.75) is 64.2 Å². The van der Waals surface area contributed by atoms with Crippen LogP contribution < -0.4 is 21.7 Å². The lowest BCUT2D eigenvalue weighted by molar-refractivity contribution is -0.147. The first kappa shape index (κ1) is 27.6. The summed E-state index contributed by atoms with van der Waals surface area (Å²) in [6.07, 6.45) is -0.526. The van der Waals surface area contributed by atoms with Crippen molar-refractivity contribution in [2.75, 3.05) is 0 Å². The van der Waals surface area contributed by atoms with E-state index in [1.165, 1.54) is 6.92 Å². The number of hydrogen-bond donors (Lipinski definition) is 6. The van der Waals surface area contributed by atoms with E-state index in [1.54, 1.807) is 30.3 Å². The predicted octanol–water partition coefficient (Wildman–Crippen LogP) is -0.364. The highest BCUT2D eigenvalue weighted by atomic mass is 16.4. The minimum absolute atomic E-state index is 0.0213. The number of rotatable bonds is 13. The Balaban J connectivity index is 3.11. The smallest absolute Gasteiger partial charge is 0.326 e. The quantitative estimate of drug-likeness (QED) is 0.228. The van der Waals surface area contributed by atoms with Gasteiger partial charge in [-0.1, -0.05) is 44.2 Å². The van der Waals surface area contributed by atoms with Crippen molar-refractivity contribution in [1.82, 2.24) is 16.0 Å². The number of nitrogens with one attached hydrogen (secondary N) is 3. The molecule has 3 amide bonds. The molecule has 33 heavy (non-hydrogen) atoms. The Morgan fingerprint density at radius 2 is 1.33 bits per heavy atom. The molecule has 0 heterocycles. The Morgan fingerprint density at radius 3 is 1.82 bits per heavy atom. The van der Waals surface area contributed by atoms with Gasteiger partial charge in [-0.15, -0.1) is 0 Å². The van der Waals surface area contributed by atoms with Crippen molar-refractivity contribution in [1.29, 1.82) is 0 Å². The molecule has 0 bridgehead atoms. The zero-order valence-corrected chi connectivity index (χ0v) is 18.9. The Morgan fingerprint density at radius 1 is 0.818 bits per heavy atom. The maximum atomic E-state index is 13.0. The van der Waals surface area contributed by atoms with Gasteiger partial charge in [-0.2, -0.15) is 0 Å². The van der Waals surface area contributed by atoms with Gasteiger partial charge in [0.15, 0.2) is 0 Å². The number of benzene rings is 1. The highest BCUT2D eigenvalue weighted by Gasteiger charge is 2.31. The molecule has 1 rings (SSSR count). The van der Waals surface area contributed by atoms with Crippen molar-refractivity contribution in [3.63, 3.8) is 0 Å². The highest BCUT2D eigenvalue weighted by Crippen LogP contribution is 2.09. The van der Waals surface area contributed by atoms with Gasteiger partial charge in [0.2, 0.25) is 17.7 Å². The zero-order chi connectivity index (χ0) is 25.1.